The van der Waals surface area contributed by atoms with Crippen LogP contribution in [0.4, 0.5) is 5.69 Å². The second kappa shape index (κ2) is 7.08. The summed E-state index contributed by atoms with van der Waals surface area (Å²) in [5.41, 5.74) is 0.509. The molecule has 1 fully saturated rings. The molecule has 0 atom stereocenters. The molecule has 2 heterocycles. The Bertz CT molecular complexity index is 827. The summed E-state index contributed by atoms with van der Waals surface area (Å²) in [6, 6.07) is 8.60. The highest BCUT2D eigenvalue weighted by atomic mass is 35.5. The van der Waals surface area contributed by atoms with E-state index in [-0.39, 0.29) is 5.91 Å². The van der Waals surface area contributed by atoms with Crippen molar-refractivity contribution < 1.29 is 9.21 Å². The van der Waals surface area contributed by atoms with E-state index >= 15 is 0 Å². The Kier molecular flexibility index (Phi) is 4.91. The molecule has 1 amide bonds. The molecule has 2 aromatic rings. The number of furan rings is 1. The summed E-state index contributed by atoms with van der Waals surface area (Å²) in [6.07, 6.45) is 6.80. The van der Waals surface area contributed by atoms with Gasteiger partial charge < -0.3 is 9.73 Å². The van der Waals surface area contributed by atoms with Crippen LogP contribution in [-0.2, 0) is 4.79 Å². The summed E-state index contributed by atoms with van der Waals surface area (Å²) in [7, 11) is 0. The zero-order valence-electron chi connectivity index (χ0n) is 11.6. The van der Waals surface area contributed by atoms with E-state index in [4.69, 9.17) is 27.6 Å². The Balaban J connectivity index is 1.76. The lowest BCUT2D eigenvalue weighted by atomic mass is 10.3. The van der Waals surface area contributed by atoms with Gasteiger partial charge in [0, 0.05) is 5.02 Å². The fraction of sp³-hybridized carbons (Fsp3) is 0. The van der Waals surface area contributed by atoms with Crippen molar-refractivity contribution in [1.82, 2.24) is 5.32 Å². The molecular formula is C16H10Cl2N2O2S. The number of halogens is 2. The molecule has 1 aromatic heterocycles. The summed E-state index contributed by atoms with van der Waals surface area (Å²) in [4.78, 5) is 16.8. The zero-order chi connectivity index (χ0) is 16.2. The van der Waals surface area contributed by atoms with Crippen molar-refractivity contribution in [3.63, 3.8) is 0 Å². The molecule has 0 bridgehead atoms. The second-order valence-electron chi connectivity index (χ2n) is 4.47. The van der Waals surface area contributed by atoms with Crippen LogP contribution in [0.3, 0.4) is 0 Å². The third-order valence-electron chi connectivity index (χ3n) is 2.83. The topological polar surface area (TPSA) is 54.6 Å². The van der Waals surface area contributed by atoms with Crippen LogP contribution >= 0.6 is 35.0 Å². The Labute approximate surface area is 146 Å². The number of nitrogens with zero attached hydrogens (tertiary/aromatic N) is 1. The number of hydrogen-bond donors (Lipinski definition) is 1. The first-order valence-electron chi connectivity index (χ1n) is 6.56. The molecule has 0 spiro atoms. The summed E-state index contributed by atoms with van der Waals surface area (Å²) in [5, 5.41) is 4.14. The van der Waals surface area contributed by atoms with Crippen molar-refractivity contribution >= 4 is 57.8 Å². The van der Waals surface area contributed by atoms with Gasteiger partial charge in [-0.25, -0.2) is 4.99 Å². The predicted octanol–water partition coefficient (Wildman–Crippen LogP) is 5.03. The fourth-order valence-electron chi connectivity index (χ4n) is 1.79. The predicted molar refractivity (Wildman–Crippen MR) is 95.1 cm³/mol. The average molecular weight is 365 g/mol. The van der Waals surface area contributed by atoms with Gasteiger partial charge >= 0.3 is 0 Å². The van der Waals surface area contributed by atoms with Gasteiger partial charge in [0.1, 0.15) is 5.76 Å². The first kappa shape index (κ1) is 15.9. The number of amidine groups is 1. The van der Waals surface area contributed by atoms with Gasteiger partial charge in [0.2, 0.25) is 0 Å². The van der Waals surface area contributed by atoms with Crippen LogP contribution in [0.2, 0.25) is 10.0 Å². The molecule has 23 heavy (non-hydrogen) atoms. The quantitative estimate of drug-likeness (QED) is 0.776. The molecular weight excluding hydrogens is 355 g/mol. The minimum atomic E-state index is -0.212. The maximum atomic E-state index is 11.9. The van der Waals surface area contributed by atoms with Crippen LogP contribution in [0.25, 0.3) is 6.08 Å². The molecule has 1 aliphatic heterocycles. The monoisotopic (exact) mass is 364 g/mol. The van der Waals surface area contributed by atoms with Crippen molar-refractivity contribution in [2.45, 2.75) is 0 Å². The van der Waals surface area contributed by atoms with Crippen molar-refractivity contribution in [3.05, 3.63) is 69.5 Å². The van der Waals surface area contributed by atoms with E-state index in [0.717, 1.165) is 0 Å². The van der Waals surface area contributed by atoms with Gasteiger partial charge in [0.15, 0.2) is 5.17 Å². The summed E-state index contributed by atoms with van der Waals surface area (Å²) < 4.78 is 5.18. The summed E-state index contributed by atoms with van der Waals surface area (Å²) >= 11 is 13.2. The molecule has 3 rings (SSSR count). The zero-order valence-corrected chi connectivity index (χ0v) is 14.0. The SMILES string of the molecule is O=C1NC(=Nc2cc(Cl)ccc2Cl)SC1=CC=Cc1ccco1. The van der Waals surface area contributed by atoms with Gasteiger partial charge in [-0.15, -0.1) is 0 Å². The Morgan fingerprint density at radius 1 is 1.26 bits per heavy atom. The van der Waals surface area contributed by atoms with Gasteiger partial charge in [-0.3, -0.25) is 4.79 Å². The van der Waals surface area contributed by atoms with Gasteiger partial charge in [0.25, 0.3) is 5.91 Å². The Morgan fingerprint density at radius 2 is 2.13 bits per heavy atom. The highest BCUT2D eigenvalue weighted by Crippen LogP contribution is 2.31. The van der Waals surface area contributed by atoms with E-state index in [9.17, 15) is 4.79 Å². The second-order valence-corrected chi connectivity index (χ2v) is 6.35. The number of rotatable bonds is 3. The average Bonchev–Trinajstić information content (AvgIpc) is 3.14. The van der Waals surface area contributed by atoms with Crippen LogP contribution in [-0.4, -0.2) is 11.1 Å². The maximum absolute atomic E-state index is 11.9. The smallest absolute Gasteiger partial charge is 0.264 e. The molecule has 1 aromatic carbocycles. The van der Waals surface area contributed by atoms with Crippen LogP contribution in [0, 0.1) is 0 Å². The lowest BCUT2D eigenvalue weighted by Crippen LogP contribution is -2.19. The fourth-order valence-corrected chi connectivity index (χ4v) is 2.91. The number of nitrogens with one attached hydrogen (secondary N) is 1. The molecule has 7 heteroatoms. The molecule has 4 nitrogen and oxygen atoms in total. The molecule has 1 saturated heterocycles. The minimum absolute atomic E-state index is 0.212. The van der Waals surface area contributed by atoms with Crippen LogP contribution in [0.1, 0.15) is 5.76 Å². The van der Waals surface area contributed by atoms with E-state index < -0.39 is 0 Å². The van der Waals surface area contributed by atoms with Crippen molar-refractivity contribution in [1.29, 1.82) is 0 Å². The highest BCUT2D eigenvalue weighted by Gasteiger charge is 2.23. The Hall–Kier alpha value is -1.95. The normalized spacial score (nSPS) is 18.3. The highest BCUT2D eigenvalue weighted by molar-refractivity contribution is 8.18. The number of allylic oxidation sites excluding steroid dienone is 2. The number of benzene rings is 1. The number of aliphatic imine (C=N–C) groups is 1. The number of carbonyl (C=O) groups is 1. The molecule has 1 aliphatic rings. The van der Waals surface area contributed by atoms with E-state index in [0.29, 0.717) is 31.6 Å². The maximum Gasteiger partial charge on any atom is 0.264 e. The molecule has 116 valence electrons. The number of amides is 1. The lowest BCUT2D eigenvalue weighted by Gasteiger charge is -2.00. The minimum Gasteiger partial charge on any atom is -0.465 e. The molecule has 0 unspecified atom stereocenters. The van der Waals surface area contributed by atoms with E-state index in [1.54, 1.807) is 48.8 Å². The van der Waals surface area contributed by atoms with E-state index in [1.165, 1.54) is 11.8 Å². The van der Waals surface area contributed by atoms with Crippen molar-refractivity contribution in [2.24, 2.45) is 4.99 Å². The first-order chi connectivity index (χ1) is 11.1. The number of thioether (sulfide) groups is 1. The summed E-state index contributed by atoms with van der Waals surface area (Å²) in [6.45, 7) is 0. The molecule has 0 saturated carbocycles. The molecule has 0 aliphatic carbocycles. The first-order valence-corrected chi connectivity index (χ1v) is 8.14. The van der Waals surface area contributed by atoms with Crippen LogP contribution in [0.5, 0.6) is 0 Å². The van der Waals surface area contributed by atoms with Gasteiger partial charge in [-0.2, -0.15) is 0 Å². The van der Waals surface area contributed by atoms with E-state index in [2.05, 4.69) is 10.3 Å². The Morgan fingerprint density at radius 3 is 2.91 bits per heavy atom. The number of hydrogen-bond acceptors (Lipinski definition) is 4. The molecule has 0 radical (unpaired) electrons. The third kappa shape index (κ3) is 4.07. The molecule has 1 N–H and O–H groups in total. The van der Waals surface area contributed by atoms with Gasteiger partial charge in [-0.05, 0) is 54.2 Å². The van der Waals surface area contributed by atoms with Gasteiger partial charge in [-0.1, -0.05) is 29.3 Å². The largest absolute Gasteiger partial charge is 0.465 e. The summed E-state index contributed by atoms with van der Waals surface area (Å²) in [5.74, 6) is 0.501. The van der Waals surface area contributed by atoms with Crippen LogP contribution < -0.4 is 5.32 Å². The van der Waals surface area contributed by atoms with Crippen molar-refractivity contribution in [2.75, 3.05) is 0 Å². The van der Waals surface area contributed by atoms with Crippen LogP contribution in [0.15, 0.2) is 63.1 Å². The van der Waals surface area contributed by atoms with E-state index in [1.807, 2.05) is 6.07 Å². The standard InChI is InChI=1S/C16H10Cl2N2O2S/c17-10-6-7-12(18)13(9-10)19-16-20-15(21)14(23-16)5-1-3-11-4-2-8-22-11/h1-9H,(H,19,20,21). The van der Waals surface area contributed by atoms with Gasteiger partial charge in [0.05, 0.1) is 21.9 Å². The van der Waals surface area contributed by atoms with Crippen molar-refractivity contribution in [3.8, 4) is 0 Å². The number of carbonyl (C=O) groups excluding carboxylic acids is 1. The third-order valence-corrected chi connectivity index (χ3v) is 4.32. The lowest BCUT2D eigenvalue weighted by molar-refractivity contribution is -0.115.